The predicted octanol–water partition coefficient (Wildman–Crippen LogP) is -0.420. The molecule has 2 N–H and O–H groups in total. The third-order valence-corrected chi connectivity index (χ3v) is 1.26. The topological polar surface area (TPSA) is 49.7 Å². The number of aliphatic hydroxyl groups is 2. The Morgan fingerprint density at radius 3 is 2.12 bits per heavy atom. The molecule has 3 nitrogen and oxygen atoms in total. The molecule has 0 saturated heterocycles. The van der Waals surface area contributed by atoms with E-state index in [1.54, 1.807) is 0 Å². The maximum Gasteiger partial charge on any atom is 0.107 e. The van der Waals surface area contributed by atoms with Crippen molar-refractivity contribution in [3.05, 3.63) is 0 Å². The van der Waals surface area contributed by atoms with Gasteiger partial charge in [-0.05, 0) is 6.66 Å². The molecule has 0 aromatic carbocycles. The Morgan fingerprint density at radius 2 is 2.00 bits per heavy atom. The van der Waals surface area contributed by atoms with Gasteiger partial charge in [-0.25, -0.2) is 0 Å². The first kappa shape index (κ1) is 8.31. The molecule has 0 amide bonds. The number of aliphatic hydroxyl groups excluding tert-OH is 2. The van der Waals surface area contributed by atoms with E-state index < -0.39 is 0 Å². The van der Waals surface area contributed by atoms with Crippen molar-refractivity contribution in [2.75, 3.05) is 19.9 Å². The molecule has 0 spiro atoms. The Balaban J connectivity index is 3.07. The Hall–Kier alpha value is 0.310. The van der Waals surface area contributed by atoms with Gasteiger partial charge in [0.2, 0.25) is 0 Å². The van der Waals surface area contributed by atoms with Crippen LogP contribution in [0.4, 0.5) is 0 Å². The van der Waals surface area contributed by atoms with Crippen molar-refractivity contribution in [2.24, 2.45) is 0 Å². The van der Waals surface area contributed by atoms with E-state index in [0.717, 1.165) is 0 Å². The zero-order valence-electron chi connectivity index (χ0n) is 4.79. The summed E-state index contributed by atoms with van der Waals surface area (Å²) in [6.45, 7) is 1.65. The Kier molecular flexibility index (Phi) is 5.66. The van der Waals surface area contributed by atoms with Gasteiger partial charge in [-0.2, -0.15) is 0 Å². The van der Waals surface area contributed by atoms with Crippen molar-refractivity contribution in [3.8, 4) is 0 Å². The van der Waals surface area contributed by atoms with Gasteiger partial charge in [0.25, 0.3) is 0 Å². The zero-order chi connectivity index (χ0) is 6.41. The molecule has 0 saturated carbocycles. The standard InChI is InChI=1S/C4H11O3P/c1-8-7-4(2-5)3-6/h4-6,8H,2-3H2,1H3. The Morgan fingerprint density at radius 1 is 1.50 bits per heavy atom. The second kappa shape index (κ2) is 5.45. The predicted molar refractivity (Wildman–Crippen MR) is 33.3 cm³/mol. The summed E-state index contributed by atoms with van der Waals surface area (Å²) in [5, 5.41) is 16.8. The van der Waals surface area contributed by atoms with E-state index in [9.17, 15) is 0 Å². The first-order chi connectivity index (χ1) is 3.85. The molecule has 0 aliphatic rings. The van der Waals surface area contributed by atoms with Gasteiger partial charge in [0.05, 0.1) is 13.2 Å². The lowest BCUT2D eigenvalue weighted by Gasteiger charge is -2.08. The molecule has 0 aromatic heterocycles. The molecule has 1 unspecified atom stereocenters. The molecule has 0 fully saturated rings. The second-order valence-corrected chi connectivity index (χ2v) is 1.95. The van der Waals surface area contributed by atoms with Crippen molar-refractivity contribution >= 4 is 8.81 Å². The summed E-state index contributed by atoms with van der Waals surface area (Å²) in [4.78, 5) is 0. The first-order valence-corrected chi connectivity index (χ1v) is 3.80. The first-order valence-electron chi connectivity index (χ1n) is 2.39. The zero-order valence-corrected chi connectivity index (χ0v) is 5.79. The van der Waals surface area contributed by atoms with Crippen molar-refractivity contribution in [1.29, 1.82) is 0 Å². The van der Waals surface area contributed by atoms with Crippen LogP contribution in [0.3, 0.4) is 0 Å². The van der Waals surface area contributed by atoms with Crippen molar-refractivity contribution in [2.45, 2.75) is 6.10 Å². The largest absolute Gasteiger partial charge is 0.394 e. The fourth-order valence-corrected chi connectivity index (χ4v) is 0.781. The number of hydrogen-bond acceptors (Lipinski definition) is 3. The highest BCUT2D eigenvalue weighted by atomic mass is 31.1. The van der Waals surface area contributed by atoms with Gasteiger partial charge >= 0.3 is 0 Å². The van der Waals surface area contributed by atoms with E-state index in [1.165, 1.54) is 0 Å². The number of rotatable bonds is 4. The van der Waals surface area contributed by atoms with Gasteiger partial charge in [-0.3, -0.25) is 0 Å². The monoisotopic (exact) mass is 138 g/mol. The highest BCUT2D eigenvalue weighted by Crippen LogP contribution is 2.07. The smallest absolute Gasteiger partial charge is 0.107 e. The average Bonchev–Trinajstić information content (AvgIpc) is 1.83. The van der Waals surface area contributed by atoms with Crippen LogP contribution in [0.1, 0.15) is 0 Å². The second-order valence-electron chi connectivity index (χ2n) is 1.31. The normalized spacial score (nSPS) is 12.0. The van der Waals surface area contributed by atoms with Crippen molar-refractivity contribution < 1.29 is 14.7 Å². The highest BCUT2D eigenvalue weighted by molar-refractivity contribution is 7.31. The molecule has 1 atom stereocenters. The molecule has 50 valence electrons. The molecular formula is C4H11O3P. The van der Waals surface area contributed by atoms with E-state index in [-0.39, 0.29) is 19.3 Å². The van der Waals surface area contributed by atoms with E-state index in [4.69, 9.17) is 14.7 Å². The minimum absolute atomic E-state index is 0.0999. The number of hydrogen-bond donors (Lipinski definition) is 2. The van der Waals surface area contributed by atoms with Gasteiger partial charge in [0, 0.05) is 8.81 Å². The molecule has 0 rings (SSSR count). The summed E-state index contributed by atoms with van der Waals surface area (Å²) < 4.78 is 4.87. The van der Waals surface area contributed by atoms with Gasteiger partial charge < -0.3 is 14.7 Å². The lowest BCUT2D eigenvalue weighted by atomic mass is 10.4. The summed E-state index contributed by atoms with van der Waals surface area (Å²) in [6, 6.07) is 0. The summed E-state index contributed by atoms with van der Waals surface area (Å²) >= 11 is 0. The fourth-order valence-electron chi connectivity index (χ4n) is 0.299. The molecule has 0 radical (unpaired) electrons. The maximum atomic E-state index is 8.38. The van der Waals surface area contributed by atoms with Crippen LogP contribution < -0.4 is 0 Å². The van der Waals surface area contributed by atoms with Crippen LogP contribution in [0.15, 0.2) is 0 Å². The van der Waals surface area contributed by atoms with E-state index >= 15 is 0 Å². The fraction of sp³-hybridized carbons (Fsp3) is 1.00. The molecule has 0 aromatic rings. The molecule has 8 heavy (non-hydrogen) atoms. The highest BCUT2D eigenvalue weighted by Gasteiger charge is 2.01. The minimum atomic E-state index is -0.377. The lowest BCUT2D eigenvalue weighted by molar-refractivity contribution is 0.0751. The van der Waals surface area contributed by atoms with E-state index in [0.29, 0.717) is 8.81 Å². The maximum absolute atomic E-state index is 8.38. The third kappa shape index (κ3) is 3.33. The average molecular weight is 138 g/mol. The summed E-state index contributed by atoms with van der Waals surface area (Å²) in [5.74, 6) is 0. The van der Waals surface area contributed by atoms with Gasteiger partial charge in [-0.15, -0.1) is 0 Å². The van der Waals surface area contributed by atoms with Crippen molar-refractivity contribution in [3.63, 3.8) is 0 Å². The van der Waals surface area contributed by atoms with Gasteiger partial charge in [-0.1, -0.05) is 0 Å². The molecule has 0 bridgehead atoms. The molecule has 0 aliphatic carbocycles. The van der Waals surface area contributed by atoms with E-state index in [1.807, 2.05) is 6.66 Å². The van der Waals surface area contributed by atoms with Gasteiger partial charge in [0.1, 0.15) is 6.10 Å². The molecular weight excluding hydrogens is 127 g/mol. The van der Waals surface area contributed by atoms with Gasteiger partial charge in [0.15, 0.2) is 0 Å². The van der Waals surface area contributed by atoms with Crippen LogP contribution in [-0.2, 0) is 4.52 Å². The third-order valence-electron chi connectivity index (χ3n) is 0.692. The lowest BCUT2D eigenvalue weighted by Crippen LogP contribution is -2.17. The van der Waals surface area contributed by atoms with Crippen LogP contribution in [0, 0.1) is 0 Å². The summed E-state index contributed by atoms with van der Waals surface area (Å²) in [6.07, 6.45) is -0.377. The van der Waals surface area contributed by atoms with Crippen LogP contribution in [0.5, 0.6) is 0 Å². The molecule has 4 heteroatoms. The summed E-state index contributed by atoms with van der Waals surface area (Å²) in [7, 11) is 0.332. The summed E-state index contributed by atoms with van der Waals surface area (Å²) in [5.41, 5.74) is 0. The van der Waals surface area contributed by atoms with Crippen LogP contribution in [0.2, 0.25) is 0 Å². The van der Waals surface area contributed by atoms with Crippen LogP contribution in [0.25, 0.3) is 0 Å². The Bertz CT molecular complexity index is 46.5. The van der Waals surface area contributed by atoms with Crippen LogP contribution in [-0.4, -0.2) is 36.2 Å². The van der Waals surface area contributed by atoms with Crippen LogP contribution >= 0.6 is 8.81 Å². The minimum Gasteiger partial charge on any atom is -0.394 e. The van der Waals surface area contributed by atoms with Crippen molar-refractivity contribution in [1.82, 2.24) is 0 Å². The Labute approximate surface area is 50.5 Å². The SMILES string of the molecule is CPOC(CO)CO. The molecule has 0 heterocycles. The molecule has 0 aliphatic heterocycles. The van der Waals surface area contributed by atoms with E-state index in [2.05, 4.69) is 0 Å². The quantitative estimate of drug-likeness (QED) is 0.519.